The van der Waals surface area contributed by atoms with Crippen molar-refractivity contribution in [2.45, 2.75) is 33.4 Å². The number of benzene rings is 1. The minimum atomic E-state index is -0.383. The van der Waals surface area contributed by atoms with Crippen molar-refractivity contribution in [1.82, 2.24) is 15.2 Å². The smallest absolute Gasteiger partial charge is 0.224 e. The standard InChI is InChI=1S/C21H22ClFIN3O/c1-14-19(10-21(28)26-11-17-3-4-18(23)9-20(17)22)15(2)27(13-24-14)12-16-5-7-25-8-6-16/h3-9H,10-13H2,1-2H3,(H,26,28). The quantitative estimate of drug-likeness (QED) is 0.343. The summed E-state index contributed by atoms with van der Waals surface area (Å²) in [6, 6.07) is 8.25. The highest BCUT2D eigenvalue weighted by atomic mass is 127. The SMILES string of the molecule is CC1=ICN(Cc2ccncc2)C(C)=C1CC(=O)NCc1ccc(F)cc1Cl. The molecule has 0 radical (unpaired) electrons. The lowest BCUT2D eigenvalue weighted by Crippen LogP contribution is -2.29. The van der Waals surface area contributed by atoms with Crippen LogP contribution in [0.4, 0.5) is 4.39 Å². The number of nitrogens with zero attached hydrogens (tertiary/aromatic N) is 2. The minimum absolute atomic E-state index is 0.0520. The van der Waals surface area contributed by atoms with Crippen LogP contribution < -0.4 is 5.32 Å². The Kier molecular flexibility index (Phi) is 7.18. The molecule has 1 aromatic carbocycles. The summed E-state index contributed by atoms with van der Waals surface area (Å²) in [6.07, 6.45) is 3.96. The Labute approximate surface area is 179 Å². The summed E-state index contributed by atoms with van der Waals surface area (Å²) >= 11 is 5.91. The van der Waals surface area contributed by atoms with Gasteiger partial charge in [0.25, 0.3) is 0 Å². The first-order valence-electron chi connectivity index (χ1n) is 8.91. The van der Waals surface area contributed by atoms with E-state index < -0.39 is 0 Å². The Morgan fingerprint density at radius 1 is 1.29 bits per heavy atom. The average molecular weight is 514 g/mol. The van der Waals surface area contributed by atoms with Crippen LogP contribution in [-0.2, 0) is 17.9 Å². The maximum Gasteiger partial charge on any atom is 0.224 e. The molecule has 3 rings (SSSR count). The fourth-order valence-electron chi connectivity index (χ4n) is 2.97. The van der Waals surface area contributed by atoms with E-state index >= 15 is 0 Å². The molecule has 1 N–H and O–H groups in total. The molecule has 4 nitrogen and oxygen atoms in total. The number of hydrogen-bond acceptors (Lipinski definition) is 3. The van der Waals surface area contributed by atoms with E-state index in [2.05, 4.69) is 29.0 Å². The molecular formula is C21H22ClFIN3O. The second-order valence-corrected chi connectivity index (χ2v) is 10.1. The number of halogens is 3. The van der Waals surface area contributed by atoms with E-state index in [-0.39, 0.29) is 32.5 Å². The summed E-state index contributed by atoms with van der Waals surface area (Å²) in [5.41, 5.74) is 4.22. The normalized spacial score (nSPS) is 14.4. The molecular weight excluding hydrogens is 492 g/mol. The molecule has 7 heteroatoms. The predicted octanol–water partition coefficient (Wildman–Crippen LogP) is 4.79. The first-order chi connectivity index (χ1) is 13.4. The highest BCUT2D eigenvalue weighted by Gasteiger charge is 2.20. The largest absolute Gasteiger partial charge is 0.362 e. The van der Waals surface area contributed by atoms with Crippen molar-refractivity contribution < 1.29 is 9.18 Å². The van der Waals surface area contributed by atoms with Gasteiger partial charge in [-0.3, -0.25) is 9.78 Å². The first kappa shape index (κ1) is 20.9. The lowest BCUT2D eigenvalue weighted by molar-refractivity contribution is -0.120. The maximum atomic E-state index is 13.1. The Bertz CT molecular complexity index is 931. The summed E-state index contributed by atoms with van der Waals surface area (Å²) in [5.74, 6) is -0.435. The van der Waals surface area contributed by atoms with E-state index in [4.69, 9.17) is 11.6 Å². The van der Waals surface area contributed by atoms with Gasteiger partial charge in [0.2, 0.25) is 5.91 Å². The summed E-state index contributed by atoms with van der Waals surface area (Å²) in [4.78, 5) is 19.0. The van der Waals surface area contributed by atoms with Gasteiger partial charge >= 0.3 is 0 Å². The molecule has 0 aliphatic carbocycles. The van der Waals surface area contributed by atoms with Crippen molar-refractivity contribution >= 4 is 41.7 Å². The van der Waals surface area contributed by atoms with Crippen LogP contribution in [0.5, 0.6) is 0 Å². The second kappa shape index (κ2) is 9.60. The van der Waals surface area contributed by atoms with Crippen LogP contribution >= 0.6 is 32.3 Å². The molecule has 0 fully saturated rings. The average Bonchev–Trinajstić information content (AvgIpc) is 2.67. The van der Waals surface area contributed by atoms with Gasteiger partial charge in [-0.25, -0.2) is 4.39 Å². The molecule has 1 aliphatic rings. The summed E-state index contributed by atoms with van der Waals surface area (Å²) in [5, 5.41) is 3.23. The minimum Gasteiger partial charge on any atom is -0.362 e. The molecule has 0 unspecified atom stereocenters. The summed E-state index contributed by atoms with van der Waals surface area (Å²) in [7, 11) is 0. The van der Waals surface area contributed by atoms with E-state index in [1.54, 1.807) is 18.5 Å². The predicted molar refractivity (Wildman–Crippen MR) is 120 cm³/mol. The fraction of sp³-hybridized carbons (Fsp3) is 0.286. The number of amides is 1. The molecule has 1 aromatic heterocycles. The molecule has 1 amide bonds. The van der Waals surface area contributed by atoms with E-state index in [1.807, 2.05) is 12.1 Å². The number of pyridine rings is 1. The Balaban J connectivity index is 1.65. The number of aromatic nitrogens is 1. The van der Waals surface area contributed by atoms with Crippen molar-refractivity contribution in [1.29, 1.82) is 0 Å². The number of carbonyl (C=O) groups is 1. The molecule has 2 aromatic rings. The van der Waals surface area contributed by atoms with Crippen molar-refractivity contribution in [3.63, 3.8) is 0 Å². The molecule has 2 heterocycles. The lowest BCUT2D eigenvalue weighted by Gasteiger charge is -2.30. The Morgan fingerprint density at radius 3 is 2.75 bits per heavy atom. The van der Waals surface area contributed by atoms with Gasteiger partial charge in [-0.15, -0.1) is 0 Å². The van der Waals surface area contributed by atoms with Crippen LogP contribution in [0.25, 0.3) is 0 Å². The number of allylic oxidation sites excluding steroid dienone is 1. The lowest BCUT2D eigenvalue weighted by atomic mass is 10.1. The monoisotopic (exact) mass is 513 g/mol. The number of alkyl halides is 1. The zero-order valence-corrected chi connectivity index (χ0v) is 18.7. The number of hydrogen-bond donors (Lipinski definition) is 1. The second-order valence-electron chi connectivity index (χ2n) is 6.59. The highest BCUT2D eigenvalue weighted by molar-refractivity contribution is 14.2. The van der Waals surface area contributed by atoms with Gasteiger partial charge in [0, 0.05) is 36.2 Å². The molecule has 0 saturated carbocycles. The van der Waals surface area contributed by atoms with E-state index in [0.717, 1.165) is 22.4 Å². The van der Waals surface area contributed by atoms with Crippen LogP contribution in [0, 0.1) is 5.82 Å². The molecule has 0 spiro atoms. The fourth-order valence-corrected chi connectivity index (χ4v) is 5.93. The molecule has 0 saturated heterocycles. The molecule has 28 heavy (non-hydrogen) atoms. The van der Waals surface area contributed by atoms with Crippen molar-refractivity contribution in [2.75, 3.05) is 4.55 Å². The highest BCUT2D eigenvalue weighted by Crippen LogP contribution is 2.28. The zero-order valence-electron chi connectivity index (χ0n) is 15.8. The van der Waals surface area contributed by atoms with Gasteiger partial charge in [-0.1, -0.05) is 38.4 Å². The third-order valence-electron chi connectivity index (χ3n) is 4.68. The Hall–Kier alpha value is -1.80. The zero-order chi connectivity index (χ0) is 20.1. The van der Waals surface area contributed by atoms with Gasteiger partial charge in [-0.2, -0.15) is 0 Å². The van der Waals surface area contributed by atoms with Crippen LogP contribution in [-0.4, -0.2) is 23.9 Å². The topological polar surface area (TPSA) is 45.2 Å². The Morgan fingerprint density at radius 2 is 2.04 bits per heavy atom. The van der Waals surface area contributed by atoms with Crippen LogP contribution in [0.1, 0.15) is 31.4 Å². The van der Waals surface area contributed by atoms with Crippen molar-refractivity contribution in [3.05, 3.63) is 76.0 Å². The van der Waals surface area contributed by atoms with Crippen molar-refractivity contribution in [3.8, 4) is 0 Å². The summed E-state index contributed by atoms with van der Waals surface area (Å²) in [6.45, 7) is 5.35. The van der Waals surface area contributed by atoms with Crippen LogP contribution in [0.2, 0.25) is 5.02 Å². The van der Waals surface area contributed by atoms with E-state index in [0.29, 0.717) is 23.6 Å². The van der Waals surface area contributed by atoms with Crippen LogP contribution in [0.3, 0.4) is 0 Å². The number of carbonyl (C=O) groups excluding carboxylic acids is 1. The molecule has 0 atom stereocenters. The van der Waals surface area contributed by atoms with Crippen molar-refractivity contribution in [2.24, 2.45) is 0 Å². The van der Waals surface area contributed by atoms with Gasteiger partial charge in [0.05, 0.1) is 11.0 Å². The summed E-state index contributed by atoms with van der Waals surface area (Å²) < 4.78 is 15.6. The number of nitrogens with one attached hydrogen (secondary N) is 1. The third-order valence-corrected chi connectivity index (χ3v) is 7.99. The van der Waals surface area contributed by atoms with Gasteiger partial charge in [-0.05, 0) is 58.3 Å². The molecule has 1 aliphatic heterocycles. The maximum absolute atomic E-state index is 13.1. The van der Waals surface area contributed by atoms with E-state index in [1.165, 1.54) is 21.2 Å². The molecule has 0 bridgehead atoms. The van der Waals surface area contributed by atoms with Gasteiger partial charge < -0.3 is 10.2 Å². The first-order valence-corrected chi connectivity index (χ1v) is 11.9. The third kappa shape index (κ3) is 5.38. The van der Waals surface area contributed by atoms with Gasteiger partial charge in [0.15, 0.2) is 0 Å². The molecule has 148 valence electrons. The van der Waals surface area contributed by atoms with Gasteiger partial charge in [0.1, 0.15) is 5.82 Å². The van der Waals surface area contributed by atoms with Crippen LogP contribution in [0.15, 0.2) is 54.0 Å². The number of rotatable bonds is 6. The van der Waals surface area contributed by atoms with E-state index in [9.17, 15) is 9.18 Å².